The van der Waals surface area contributed by atoms with E-state index in [0.29, 0.717) is 16.8 Å². The Hall–Kier alpha value is -3.23. The molecule has 1 heterocycles. The first-order valence-electron chi connectivity index (χ1n) is 7.82. The van der Waals surface area contributed by atoms with Gasteiger partial charge in [0.2, 0.25) is 5.91 Å². The minimum Gasteiger partial charge on any atom is -0.329 e. The maximum Gasteiger partial charge on any atom is 0.471 e. The Labute approximate surface area is 151 Å². The van der Waals surface area contributed by atoms with Gasteiger partial charge < -0.3 is 9.84 Å². The van der Waals surface area contributed by atoms with Crippen LogP contribution in [0.15, 0.2) is 53.1 Å². The van der Waals surface area contributed by atoms with Crippen LogP contribution in [0, 0.1) is 5.82 Å². The predicted octanol–water partition coefficient (Wildman–Crippen LogP) is 4.00. The third kappa shape index (κ3) is 5.13. The molecule has 1 N–H and O–H groups in total. The average molecular weight is 379 g/mol. The average Bonchev–Trinajstić information content (AvgIpc) is 3.08. The molecule has 140 valence electrons. The molecule has 1 amide bonds. The molecule has 0 fully saturated rings. The molecule has 2 aromatic carbocycles. The number of aromatic nitrogens is 2. The summed E-state index contributed by atoms with van der Waals surface area (Å²) >= 11 is 0. The summed E-state index contributed by atoms with van der Waals surface area (Å²) in [5.41, 5.74) is 1.85. The highest BCUT2D eigenvalue weighted by molar-refractivity contribution is 5.92. The number of benzene rings is 2. The van der Waals surface area contributed by atoms with Gasteiger partial charge in [0, 0.05) is 12.1 Å². The van der Waals surface area contributed by atoms with E-state index in [0.717, 1.165) is 0 Å². The van der Waals surface area contributed by atoms with Crippen LogP contribution in [0.4, 0.5) is 23.2 Å². The Morgan fingerprint density at radius 3 is 2.22 bits per heavy atom. The van der Waals surface area contributed by atoms with Crippen LogP contribution in [0.5, 0.6) is 0 Å². The van der Waals surface area contributed by atoms with Crippen LogP contribution in [0.3, 0.4) is 0 Å². The fourth-order valence-electron chi connectivity index (χ4n) is 2.32. The maximum atomic E-state index is 12.9. The third-order valence-electron chi connectivity index (χ3n) is 3.59. The van der Waals surface area contributed by atoms with Crippen LogP contribution in [0.25, 0.3) is 0 Å². The molecular formula is C18H13F4N3O2. The zero-order valence-electron chi connectivity index (χ0n) is 13.8. The number of nitrogens with one attached hydrogen (secondary N) is 1. The van der Waals surface area contributed by atoms with Gasteiger partial charge in [0.15, 0.2) is 5.82 Å². The van der Waals surface area contributed by atoms with Crippen molar-refractivity contribution < 1.29 is 26.9 Å². The van der Waals surface area contributed by atoms with Crippen LogP contribution in [-0.2, 0) is 23.8 Å². The van der Waals surface area contributed by atoms with Crippen LogP contribution in [0.2, 0.25) is 0 Å². The molecule has 0 spiro atoms. The Kier molecular flexibility index (Phi) is 5.20. The lowest BCUT2D eigenvalue weighted by Gasteiger charge is -2.06. The number of halogens is 4. The Balaban J connectivity index is 1.57. The van der Waals surface area contributed by atoms with Gasteiger partial charge in [0.1, 0.15) is 5.82 Å². The molecule has 0 saturated carbocycles. The second kappa shape index (κ2) is 7.56. The Morgan fingerprint density at radius 1 is 1.00 bits per heavy atom. The number of carbonyl (C=O) groups excluding carboxylic acids is 1. The minimum atomic E-state index is -4.68. The summed E-state index contributed by atoms with van der Waals surface area (Å²) in [5.74, 6) is -2.13. The lowest BCUT2D eigenvalue weighted by Crippen LogP contribution is -2.14. The minimum absolute atomic E-state index is 0.0589. The summed E-state index contributed by atoms with van der Waals surface area (Å²) in [6, 6.07) is 12.1. The SMILES string of the molecule is O=C(Cc1ccc(F)cc1)Nc1ccc(Cc2noc(C(F)(F)F)n2)cc1. The van der Waals surface area contributed by atoms with Gasteiger partial charge in [0.05, 0.1) is 6.42 Å². The van der Waals surface area contributed by atoms with Gasteiger partial charge in [-0.3, -0.25) is 4.79 Å². The van der Waals surface area contributed by atoms with Crippen molar-refractivity contribution in [2.24, 2.45) is 0 Å². The quantitative estimate of drug-likeness (QED) is 0.681. The lowest BCUT2D eigenvalue weighted by atomic mass is 10.1. The number of nitrogens with zero attached hydrogens (tertiary/aromatic N) is 2. The molecule has 0 saturated heterocycles. The van der Waals surface area contributed by atoms with Crippen molar-refractivity contribution >= 4 is 11.6 Å². The van der Waals surface area contributed by atoms with E-state index in [-0.39, 0.29) is 30.4 Å². The monoisotopic (exact) mass is 379 g/mol. The van der Waals surface area contributed by atoms with E-state index in [1.807, 2.05) is 0 Å². The Morgan fingerprint density at radius 2 is 1.63 bits per heavy atom. The van der Waals surface area contributed by atoms with Gasteiger partial charge in [-0.05, 0) is 35.4 Å². The van der Waals surface area contributed by atoms with Crippen molar-refractivity contribution in [1.82, 2.24) is 10.1 Å². The van der Waals surface area contributed by atoms with E-state index in [1.54, 1.807) is 24.3 Å². The zero-order chi connectivity index (χ0) is 19.4. The lowest BCUT2D eigenvalue weighted by molar-refractivity contribution is -0.159. The fourth-order valence-corrected chi connectivity index (χ4v) is 2.32. The van der Waals surface area contributed by atoms with E-state index in [4.69, 9.17) is 0 Å². The van der Waals surface area contributed by atoms with Gasteiger partial charge >= 0.3 is 12.1 Å². The summed E-state index contributed by atoms with van der Waals surface area (Å²) in [6.45, 7) is 0. The number of rotatable bonds is 5. The van der Waals surface area contributed by atoms with Crippen LogP contribution in [-0.4, -0.2) is 16.0 Å². The molecule has 0 bridgehead atoms. The Bertz CT molecular complexity index is 919. The number of alkyl halides is 3. The largest absolute Gasteiger partial charge is 0.471 e. The molecule has 0 aliphatic heterocycles. The fraction of sp³-hybridized carbons (Fsp3) is 0.167. The van der Waals surface area contributed by atoms with Crippen molar-refractivity contribution in [3.05, 3.63) is 77.2 Å². The van der Waals surface area contributed by atoms with Gasteiger partial charge in [-0.2, -0.15) is 18.2 Å². The van der Waals surface area contributed by atoms with E-state index in [9.17, 15) is 22.4 Å². The number of amides is 1. The molecule has 5 nitrogen and oxygen atoms in total. The zero-order valence-corrected chi connectivity index (χ0v) is 13.8. The van der Waals surface area contributed by atoms with E-state index < -0.39 is 12.1 Å². The van der Waals surface area contributed by atoms with Gasteiger partial charge in [0.25, 0.3) is 0 Å². The first-order valence-corrected chi connectivity index (χ1v) is 7.82. The standard InChI is InChI=1S/C18H13F4N3O2/c19-13-5-1-12(2-6-13)10-16(26)23-14-7-3-11(4-8-14)9-15-24-17(27-25-15)18(20,21)22/h1-8H,9-10H2,(H,23,26). The second-order valence-electron chi connectivity index (χ2n) is 5.74. The van der Waals surface area contributed by atoms with Crippen LogP contribution in [0.1, 0.15) is 22.8 Å². The summed E-state index contributed by atoms with van der Waals surface area (Å²) in [4.78, 5) is 15.3. The number of carbonyl (C=O) groups is 1. The highest BCUT2D eigenvalue weighted by Crippen LogP contribution is 2.27. The molecule has 0 radical (unpaired) electrons. The molecule has 27 heavy (non-hydrogen) atoms. The molecule has 3 rings (SSSR count). The normalized spacial score (nSPS) is 11.4. The summed E-state index contributed by atoms with van der Waals surface area (Å²) < 4.78 is 54.3. The molecule has 9 heteroatoms. The van der Waals surface area contributed by atoms with Gasteiger partial charge in [-0.25, -0.2) is 4.39 Å². The van der Waals surface area contributed by atoms with E-state index in [2.05, 4.69) is 20.0 Å². The first-order chi connectivity index (χ1) is 12.8. The van der Waals surface area contributed by atoms with Crippen LogP contribution < -0.4 is 5.32 Å². The molecule has 3 aromatic rings. The predicted molar refractivity (Wildman–Crippen MR) is 87.3 cm³/mol. The topological polar surface area (TPSA) is 68.0 Å². The highest BCUT2D eigenvalue weighted by Gasteiger charge is 2.38. The smallest absolute Gasteiger partial charge is 0.329 e. The van der Waals surface area contributed by atoms with Crippen molar-refractivity contribution in [2.45, 2.75) is 19.0 Å². The summed E-state index contributed by atoms with van der Waals surface area (Å²) in [6.07, 6.45) is -4.53. The van der Waals surface area contributed by atoms with Crippen molar-refractivity contribution in [3.63, 3.8) is 0 Å². The number of hydrogen-bond donors (Lipinski definition) is 1. The molecular weight excluding hydrogens is 366 g/mol. The van der Waals surface area contributed by atoms with Gasteiger partial charge in [-0.1, -0.05) is 29.4 Å². The number of anilines is 1. The van der Waals surface area contributed by atoms with Crippen molar-refractivity contribution in [2.75, 3.05) is 5.32 Å². The first kappa shape index (κ1) is 18.6. The summed E-state index contributed by atoms with van der Waals surface area (Å²) in [7, 11) is 0. The van der Waals surface area contributed by atoms with Crippen LogP contribution >= 0.6 is 0 Å². The molecule has 0 unspecified atom stereocenters. The van der Waals surface area contributed by atoms with E-state index in [1.165, 1.54) is 24.3 Å². The highest BCUT2D eigenvalue weighted by atomic mass is 19.4. The molecule has 0 atom stereocenters. The van der Waals surface area contributed by atoms with Gasteiger partial charge in [-0.15, -0.1) is 0 Å². The van der Waals surface area contributed by atoms with E-state index >= 15 is 0 Å². The molecule has 1 aromatic heterocycles. The number of hydrogen-bond acceptors (Lipinski definition) is 4. The maximum absolute atomic E-state index is 12.9. The van der Waals surface area contributed by atoms with Crippen molar-refractivity contribution in [3.8, 4) is 0 Å². The second-order valence-corrected chi connectivity index (χ2v) is 5.74. The molecule has 0 aliphatic rings. The molecule has 0 aliphatic carbocycles. The summed E-state index contributed by atoms with van der Waals surface area (Å²) in [5, 5.41) is 5.99. The van der Waals surface area contributed by atoms with Crippen molar-refractivity contribution in [1.29, 1.82) is 0 Å². The third-order valence-corrected chi connectivity index (χ3v) is 3.59.